The van der Waals surface area contributed by atoms with Gasteiger partial charge in [0.15, 0.2) is 10.9 Å². The largest absolute Gasteiger partial charge is 0.359 e. The highest BCUT2D eigenvalue weighted by Crippen LogP contribution is 2.35. The Morgan fingerprint density at radius 2 is 2.03 bits per heavy atom. The number of rotatable bonds is 5. The molecule has 8 heteroatoms. The third-order valence-corrected chi connectivity index (χ3v) is 7.41. The van der Waals surface area contributed by atoms with Crippen molar-refractivity contribution >= 4 is 39.1 Å². The van der Waals surface area contributed by atoms with Crippen LogP contribution in [0.15, 0.2) is 52.5 Å². The first-order valence-corrected chi connectivity index (χ1v) is 11.6. The topological polar surface area (TPSA) is 67.8 Å². The summed E-state index contributed by atoms with van der Waals surface area (Å²) in [6, 6.07) is 9.64. The third-order valence-electron chi connectivity index (χ3n) is 5.28. The fourth-order valence-electron chi connectivity index (χ4n) is 3.84. The average Bonchev–Trinajstić information content (AvgIpc) is 3.41. The number of hydrogen-bond acceptors (Lipinski definition) is 5. The van der Waals surface area contributed by atoms with E-state index in [1.54, 1.807) is 47.9 Å². The minimum absolute atomic E-state index is 0.0952. The Labute approximate surface area is 180 Å². The molecule has 0 unspecified atom stereocenters. The predicted molar refractivity (Wildman–Crippen MR) is 118 cm³/mol. The number of nitrogens with one attached hydrogen (secondary N) is 1. The van der Waals surface area contributed by atoms with Crippen LogP contribution in [0.2, 0.25) is 0 Å². The Balaban J connectivity index is 1.66. The molecule has 0 amide bonds. The molecule has 5 nitrogen and oxygen atoms in total. The molecular formula is C22H18FN3O2S2. The van der Waals surface area contributed by atoms with Crippen LogP contribution in [0.4, 0.5) is 4.39 Å². The maximum absolute atomic E-state index is 14.7. The van der Waals surface area contributed by atoms with E-state index in [4.69, 9.17) is 4.98 Å². The number of ketones is 1. The van der Waals surface area contributed by atoms with Crippen LogP contribution in [0, 0.1) is 5.82 Å². The van der Waals surface area contributed by atoms with E-state index in [1.165, 1.54) is 15.5 Å². The molecule has 5 rings (SSSR count). The SMILES string of the molecule is O=C(CSc1nc2sc3c(c2c(=O)n1-c1ccccc1F)CCCC3)c1ccc[nH]1. The number of thiophene rings is 1. The number of para-hydroxylation sites is 1. The number of benzene rings is 1. The molecule has 0 atom stereocenters. The summed E-state index contributed by atoms with van der Waals surface area (Å²) < 4.78 is 16.0. The van der Waals surface area contributed by atoms with Gasteiger partial charge in [-0.1, -0.05) is 23.9 Å². The number of H-pyrrole nitrogens is 1. The zero-order valence-electron chi connectivity index (χ0n) is 16.0. The van der Waals surface area contributed by atoms with E-state index in [0.29, 0.717) is 21.1 Å². The quantitative estimate of drug-likeness (QED) is 0.276. The number of hydrogen-bond donors (Lipinski definition) is 1. The first-order chi connectivity index (χ1) is 14.6. The van der Waals surface area contributed by atoms with Crippen LogP contribution >= 0.6 is 23.1 Å². The second-order valence-electron chi connectivity index (χ2n) is 7.17. The highest BCUT2D eigenvalue weighted by atomic mass is 32.2. The molecule has 30 heavy (non-hydrogen) atoms. The molecule has 0 radical (unpaired) electrons. The minimum atomic E-state index is -0.498. The van der Waals surface area contributed by atoms with Gasteiger partial charge in [0, 0.05) is 11.1 Å². The van der Waals surface area contributed by atoms with Gasteiger partial charge in [-0.2, -0.15) is 0 Å². The minimum Gasteiger partial charge on any atom is -0.359 e. The fraction of sp³-hybridized carbons (Fsp3) is 0.227. The van der Waals surface area contributed by atoms with E-state index in [1.807, 2.05) is 0 Å². The Bertz CT molecular complexity index is 1310. The highest BCUT2D eigenvalue weighted by molar-refractivity contribution is 7.99. The molecule has 152 valence electrons. The number of thioether (sulfide) groups is 1. The lowest BCUT2D eigenvalue weighted by Gasteiger charge is -2.14. The Kier molecular flexibility index (Phi) is 5.04. The van der Waals surface area contributed by atoms with Gasteiger partial charge in [0.25, 0.3) is 5.56 Å². The summed E-state index contributed by atoms with van der Waals surface area (Å²) in [5.41, 5.74) is 1.44. The van der Waals surface area contributed by atoms with E-state index in [2.05, 4.69) is 4.98 Å². The molecule has 3 heterocycles. The number of carbonyl (C=O) groups excluding carboxylic acids is 1. The summed E-state index contributed by atoms with van der Waals surface area (Å²) >= 11 is 2.70. The van der Waals surface area contributed by atoms with Crippen LogP contribution in [0.1, 0.15) is 33.8 Å². The van der Waals surface area contributed by atoms with E-state index >= 15 is 0 Å². The second kappa shape index (κ2) is 7.85. The zero-order chi connectivity index (χ0) is 20.7. The molecule has 0 fully saturated rings. The predicted octanol–water partition coefficient (Wildman–Crippen LogP) is 4.77. The standard InChI is InChI=1S/C22H18FN3O2S2/c23-14-7-2-3-9-16(14)26-21(28)19-13-6-1-4-10-18(13)30-20(19)25-22(26)29-12-17(27)15-8-5-11-24-15/h2-3,5,7-9,11,24H,1,4,6,10,12H2. The van der Waals surface area contributed by atoms with Gasteiger partial charge in [-0.3, -0.25) is 14.2 Å². The van der Waals surface area contributed by atoms with E-state index < -0.39 is 5.82 Å². The van der Waals surface area contributed by atoms with Crippen molar-refractivity contribution in [3.63, 3.8) is 0 Å². The summed E-state index contributed by atoms with van der Waals surface area (Å²) in [7, 11) is 0. The van der Waals surface area contributed by atoms with Crippen molar-refractivity contribution in [2.24, 2.45) is 0 Å². The normalized spacial score (nSPS) is 13.5. The van der Waals surface area contributed by atoms with Crippen LogP contribution in [-0.2, 0) is 12.8 Å². The second-order valence-corrected chi connectivity index (χ2v) is 9.20. The molecule has 1 aromatic carbocycles. The summed E-state index contributed by atoms with van der Waals surface area (Å²) in [6.45, 7) is 0. The average molecular weight is 440 g/mol. The lowest BCUT2D eigenvalue weighted by Crippen LogP contribution is -2.23. The van der Waals surface area contributed by atoms with Crippen molar-refractivity contribution in [2.45, 2.75) is 30.8 Å². The van der Waals surface area contributed by atoms with Crippen LogP contribution in [0.3, 0.4) is 0 Å². The molecular weight excluding hydrogens is 421 g/mol. The van der Waals surface area contributed by atoms with Crippen molar-refractivity contribution in [1.82, 2.24) is 14.5 Å². The summed E-state index contributed by atoms with van der Waals surface area (Å²) in [5, 5.41) is 0.925. The monoisotopic (exact) mass is 439 g/mol. The van der Waals surface area contributed by atoms with E-state index in [0.717, 1.165) is 43.0 Å². The number of halogens is 1. The van der Waals surface area contributed by atoms with Crippen molar-refractivity contribution in [3.8, 4) is 5.69 Å². The molecule has 0 saturated carbocycles. The van der Waals surface area contributed by atoms with Crippen LogP contribution in [-0.4, -0.2) is 26.1 Å². The van der Waals surface area contributed by atoms with Crippen molar-refractivity contribution in [1.29, 1.82) is 0 Å². The number of aromatic amines is 1. The first-order valence-electron chi connectivity index (χ1n) is 9.75. The molecule has 1 aliphatic carbocycles. The fourth-order valence-corrected chi connectivity index (χ4v) is 6.03. The molecule has 0 saturated heterocycles. The van der Waals surface area contributed by atoms with Crippen LogP contribution < -0.4 is 5.56 Å². The van der Waals surface area contributed by atoms with Gasteiger partial charge in [0.1, 0.15) is 10.6 Å². The molecule has 0 bridgehead atoms. The highest BCUT2D eigenvalue weighted by Gasteiger charge is 2.24. The lowest BCUT2D eigenvalue weighted by molar-refractivity contribution is 0.101. The first kappa shape index (κ1) is 19.3. The summed E-state index contributed by atoms with van der Waals surface area (Å²) in [6.07, 6.45) is 5.63. The van der Waals surface area contributed by atoms with Crippen molar-refractivity contribution in [2.75, 3.05) is 5.75 Å². The van der Waals surface area contributed by atoms with Crippen LogP contribution in [0.5, 0.6) is 0 Å². The van der Waals surface area contributed by atoms with Gasteiger partial charge in [-0.25, -0.2) is 9.37 Å². The molecule has 1 aliphatic rings. The van der Waals surface area contributed by atoms with E-state index in [9.17, 15) is 14.0 Å². The van der Waals surface area contributed by atoms with Gasteiger partial charge in [0.05, 0.1) is 22.5 Å². The smallest absolute Gasteiger partial charge is 0.267 e. The van der Waals surface area contributed by atoms with Gasteiger partial charge < -0.3 is 4.98 Å². The van der Waals surface area contributed by atoms with Gasteiger partial charge in [-0.15, -0.1) is 11.3 Å². The van der Waals surface area contributed by atoms with Gasteiger partial charge >= 0.3 is 0 Å². The number of aromatic nitrogens is 3. The van der Waals surface area contributed by atoms with Gasteiger partial charge in [0.2, 0.25) is 0 Å². The number of nitrogens with zero attached hydrogens (tertiary/aromatic N) is 2. The van der Waals surface area contributed by atoms with Crippen LogP contribution in [0.25, 0.3) is 15.9 Å². The Morgan fingerprint density at radius 3 is 2.83 bits per heavy atom. The maximum Gasteiger partial charge on any atom is 0.267 e. The Hall–Kier alpha value is -2.71. The number of fused-ring (bicyclic) bond motifs is 3. The Morgan fingerprint density at radius 1 is 1.20 bits per heavy atom. The third kappa shape index (κ3) is 3.30. The number of aryl methyl sites for hydroxylation is 2. The van der Waals surface area contributed by atoms with Crippen molar-refractivity contribution in [3.05, 3.63) is 74.9 Å². The molecule has 4 aromatic rings. The zero-order valence-corrected chi connectivity index (χ0v) is 17.6. The summed E-state index contributed by atoms with van der Waals surface area (Å²) in [4.78, 5) is 35.5. The summed E-state index contributed by atoms with van der Waals surface area (Å²) in [5.74, 6) is -0.509. The molecule has 1 N–H and O–H groups in total. The van der Waals surface area contributed by atoms with E-state index in [-0.39, 0.29) is 22.8 Å². The number of Topliss-reactive ketones (excluding diaryl/α,β-unsaturated/α-hetero) is 1. The molecule has 3 aromatic heterocycles. The molecule has 0 spiro atoms. The molecule has 0 aliphatic heterocycles. The number of carbonyl (C=O) groups is 1. The van der Waals surface area contributed by atoms with Gasteiger partial charge in [-0.05, 0) is 55.5 Å². The van der Waals surface area contributed by atoms with Crippen molar-refractivity contribution < 1.29 is 9.18 Å². The lowest BCUT2D eigenvalue weighted by atomic mass is 9.97. The maximum atomic E-state index is 14.7.